The van der Waals surface area contributed by atoms with E-state index in [1.807, 2.05) is 61.5 Å². The van der Waals surface area contributed by atoms with E-state index < -0.39 is 17.7 Å². The molecule has 1 amide bonds. The molecule has 228 valence electrons. The number of aromatic nitrogens is 2. The summed E-state index contributed by atoms with van der Waals surface area (Å²) in [6, 6.07) is 23.2. The number of thioether (sulfide) groups is 1. The second-order valence-corrected chi connectivity index (χ2v) is 12.5. The molecule has 1 aliphatic rings. The van der Waals surface area contributed by atoms with Crippen LogP contribution in [0.25, 0.3) is 5.76 Å². The van der Waals surface area contributed by atoms with Crippen LogP contribution in [0.15, 0.2) is 88.8 Å². The van der Waals surface area contributed by atoms with E-state index in [9.17, 15) is 14.7 Å². The van der Waals surface area contributed by atoms with E-state index in [1.165, 1.54) is 28.0 Å². The molecule has 0 aliphatic carbocycles. The third kappa shape index (κ3) is 7.31. The molecule has 1 aliphatic heterocycles. The van der Waals surface area contributed by atoms with Crippen molar-refractivity contribution in [3.63, 3.8) is 0 Å². The first-order valence-electron chi connectivity index (χ1n) is 14.8. The van der Waals surface area contributed by atoms with Crippen LogP contribution in [0.1, 0.15) is 62.3 Å². The van der Waals surface area contributed by atoms with Crippen molar-refractivity contribution < 1.29 is 24.2 Å². The van der Waals surface area contributed by atoms with Crippen LogP contribution in [0.3, 0.4) is 0 Å². The monoisotopic (exact) mass is 629 g/mol. The number of rotatable bonds is 14. The van der Waals surface area contributed by atoms with Crippen LogP contribution in [0.5, 0.6) is 11.5 Å². The van der Waals surface area contributed by atoms with E-state index in [1.54, 1.807) is 24.3 Å². The number of carbonyl (C=O) groups excluding carboxylic acids is 2. The lowest BCUT2D eigenvalue weighted by Crippen LogP contribution is -2.29. The average Bonchev–Trinajstić information content (AvgIpc) is 3.63. The Labute approximate surface area is 265 Å². The zero-order valence-corrected chi connectivity index (χ0v) is 26.4. The summed E-state index contributed by atoms with van der Waals surface area (Å²) in [5, 5.41) is 20.4. The Balaban J connectivity index is 1.48. The summed E-state index contributed by atoms with van der Waals surface area (Å²) in [5.41, 5.74) is 2.17. The number of anilines is 1. The molecular weight excluding hydrogens is 595 g/mol. The largest absolute Gasteiger partial charge is 0.507 e. The number of unbranched alkanes of at least 4 members (excludes halogenated alkanes) is 2. The molecule has 0 bridgehead atoms. The predicted molar refractivity (Wildman–Crippen MR) is 174 cm³/mol. The Morgan fingerprint density at radius 3 is 2.23 bits per heavy atom. The van der Waals surface area contributed by atoms with E-state index >= 15 is 0 Å². The van der Waals surface area contributed by atoms with Gasteiger partial charge in [-0.2, -0.15) is 0 Å². The number of aliphatic hydroxyl groups excluding tert-OH is 1. The van der Waals surface area contributed by atoms with Gasteiger partial charge in [0.2, 0.25) is 5.13 Å². The Kier molecular flexibility index (Phi) is 10.7. The SMILES string of the molecule is CCCCCOc1ccc(C2/C(=C(\O)c3ccc(OCCC)cc3)C(=O)C(=O)N2c2nnc(SCc3ccccc3)s2)cc1. The van der Waals surface area contributed by atoms with Gasteiger partial charge in [-0.15, -0.1) is 10.2 Å². The van der Waals surface area contributed by atoms with Crippen LogP contribution < -0.4 is 14.4 Å². The van der Waals surface area contributed by atoms with Crippen LogP contribution in [-0.2, 0) is 15.3 Å². The van der Waals surface area contributed by atoms with Crippen molar-refractivity contribution in [2.45, 2.75) is 55.7 Å². The fraction of sp³-hybridized carbons (Fsp3) is 0.294. The van der Waals surface area contributed by atoms with Crippen molar-refractivity contribution in [2.75, 3.05) is 18.1 Å². The van der Waals surface area contributed by atoms with Gasteiger partial charge in [-0.25, -0.2) is 0 Å². The van der Waals surface area contributed by atoms with Crippen molar-refractivity contribution in [1.82, 2.24) is 10.2 Å². The normalized spacial score (nSPS) is 16.0. The van der Waals surface area contributed by atoms with Crippen molar-refractivity contribution in [1.29, 1.82) is 0 Å². The highest BCUT2D eigenvalue weighted by Crippen LogP contribution is 2.44. The summed E-state index contributed by atoms with van der Waals surface area (Å²) in [5.74, 6) is 0.225. The lowest BCUT2D eigenvalue weighted by molar-refractivity contribution is -0.132. The van der Waals surface area contributed by atoms with Gasteiger partial charge in [0, 0.05) is 11.3 Å². The van der Waals surface area contributed by atoms with Crippen LogP contribution in [0.2, 0.25) is 0 Å². The van der Waals surface area contributed by atoms with E-state index in [0.29, 0.717) is 45.9 Å². The number of hydrogen-bond donors (Lipinski definition) is 1. The summed E-state index contributed by atoms with van der Waals surface area (Å²) < 4.78 is 12.2. The minimum absolute atomic E-state index is 0.0115. The number of Topliss-reactive ketones (excluding diaryl/α,β-unsaturated/α-hetero) is 1. The first-order valence-corrected chi connectivity index (χ1v) is 16.6. The van der Waals surface area contributed by atoms with Gasteiger partial charge < -0.3 is 14.6 Å². The summed E-state index contributed by atoms with van der Waals surface area (Å²) >= 11 is 2.75. The summed E-state index contributed by atoms with van der Waals surface area (Å²) in [4.78, 5) is 28.5. The Morgan fingerprint density at radius 1 is 0.864 bits per heavy atom. The van der Waals surface area contributed by atoms with Crippen LogP contribution in [0, 0.1) is 0 Å². The fourth-order valence-corrected chi connectivity index (χ4v) is 6.62. The molecule has 0 spiro atoms. The van der Waals surface area contributed by atoms with Crippen molar-refractivity contribution in [2.24, 2.45) is 0 Å². The molecule has 1 saturated heterocycles. The third-order valence-corrected chi connectivity index (χ3v) is 9.19. The van der Waals surface area contributed by atoms with Gasteiger partial charge in [0.15, 0.2) is 4.34 Å². The summed E-state index contributed by atoms with van der Waals surface area (Å²) in [6.07, 6.45) is 4.02. The smallest absolute Gasteiger partial charge is 0.301 e. The fourth-order valence-electron chi connectivity index (χ4n) is 4.80. The van der Waals surface area contributed by atoms with Crippen LogP contribution in [-0.4, -0.2) is 40.2 Å². The molecule has 2 heterocycles. The molecule has 1 atom stereocenters. The number of nitrogens with zero attached hydrogens (tertiary/aromatic N) is 3. The minimum atomic E-state index is -0.903. The maximum Gasteiger partial charge on any atom is 0.301 e. The van der Waals surface area contributed by atoms with Crippen LogP contribution in [0.4, 0.5) is 5.13 Å². The molecule has 1 aromatic heterocycles. The Morgan fingerprint density at radius 2 is 1.55 bits per heavy atom. The number of ether oxygens (including phenoxy) is 2. The third-order valence-electron chi connectivity index (χ3n) is 7.06. The van der Waals surface area contributed by atoms with Gasteiger partial charge >= 0.3 is 5.91 Å². The van der Waals surface area contributed by atoms with Gasteiger partial charge in [0.25, 0.3) is 5.78 Å². The number of carbonyl (C=O) groups is 2. The van der Waals surface area contributed by atoms with Gasteiger partial charge in [0.05, 0.1) is 24.8 Å². The molecule has 1 N–H and O–H groups in total. The van der Waals surface area contributed by atoms with Crippen molar-refractivity contribution in [3.05, 3.63) is 101 Å². The van der Waals surface area contributed by atoms with Crippen molar-refractivity contribution >= 4 is 45.7 Å². The van der Waals surface area contributed by atoms with E-state index in [4.69, 9.17) is 9.47 Å². The van der Waals surface area contributed by atoms with E-state index in [2.05, 4.69) is 17.1 Å². The van der Waals surface area contributed by atoms with E-state index in [-0.39, 0.29) is 16.5 Å². The average molecular weight is 630 g/mol. The molecular formula is C34H35N3O5S2. The number of hydrogen-bond acceptors (Lipinski definition) is 9. The zero-order valence-electron chi connectivity index (χ0n) is 24.8. The Hall–Kier alpha value is -4.15. The summed E-state index contributed by atoms with van der Waals surface area (Å²) in [7, 11) is 0. The topological polar surface area (TPSA) is 102 Å². The molecule has 1 fully saturated rings. The second kappa shape index (κ2) is 15.0. The highest BCUT2D eigenvalue weighted by Gasteiger charge is 2.48. The quantitative estimate of drug-likeness (QED) is 0.0376. The van der Waals surface area contributed by atoms with Crippen LogP contribution >= 0.6 is 23.1 Å². The molecule has 4 aromatic rings. The standard InChI is InChI=1S/C34H35N3O5S2/c1-3-5-9-21-42-27-16-12-24(13-17-27)29-28(30(38)25-14-18-26(19-15-25)41-20-4-2)31(39)32(40)37(29)33-35-36-34(44-33)43-22-23-10-7-6-8-11-23/h6-8,10-19,29,38H,3-5,9,20-22H2,1-2H3/b30-28+. The van der Waals surface area contributed by atoms with E-state index in [0.717, 1.165) is 31.2 Å². The number of ketones is 1. The van der Waals surface area contributed by atoms with Gasteiger partial charge in [-0.05, 0) is 60.4 Å². The highest BCUT2D eigenvalue weighted by atomic mass is 32.2. The predicted octanol–water partition coefficient (Wildman–Crippen LogP) is 7.81. The molecule has 44 heavy (non-hydrogen) atoms. The van der Waals surface area contributed by atoms with Gasteiger partial charge in [-0.3, -0.25) is 14.5 Å². The zero-order chi connectivity index (χ0) is 30.9. The first kappa shape index (κ1) is 31.3. The highest BCUT2D eigenvalue weighted by molar-refractivity contribution is 8.00. The molecule has 8 nitrogen and oxygen atoms in total. The van der Waals surface area contributed by atoms with Gasteiger partial charge in [-0.1, -0.05) is 92.3 Å². The molecule has 0 radical (unpaired) electrons. The lowest BCUT2D eigenvalue weighted by Gasteiger charge is -2.22. The molecule has 1 unspecified atom stereocenters. The molecule has 0 saturated carbocycles. The maximum absolute atomic E-state index is 13.6. The number of benzene rings is 3. The molecule has 5 rings (SSSR count). The number of aliphatic hydroxyl groups is 1. The second-order valence-electron chi connectivity index (χ2n) is 10.3. The Bertz CT molecular complexity index is 1590. The maximum atomic E-state index is 13.6. The number of amides is 1. The van der Waals surface area contributed by atoms with Crippen molar-refractivity contribution in [3.8, 4) is 11.5 Å². The molecule has 10 heteroatoms. The first-order chi connectivity index (χ1) is 21.5. The minimum Gasteiger partial charge on any atom is -0.507 e. The molecule has 3 aromatic carbocycles. The van der Waals surface area contributed by atoms with Gasteiger partial charge in [0.1, 0.15) is 17.3 Å². The lowest BCUT2D eigenvalue weighted by atomic mass is 9.95. The summed E-state index contributed by atoms with van der Waals surface area (Å²) in [6.45, 7) is 5.34.